The summed E-state index contributed by atoms with van der Waals surface area (Å²) in [5, 5.41) is 0. The van der Waals surface area contributed by atoms with Crippen LogP contribution in [0.2, 0.25) is 0 Å². The van der Waals surface area contributed by atoms with E-state index in [9.17, 15) is 9.59 Å². The van der Waals surface area contributed by atoms with Crippen molar-refractivity contribution in [3.8, 4) is 0 Å². The quantitative estimate of drug-likeness (QED) is 0.398. The largest absolute Gasteiger partial charge is 0.456 e. The molecule has 7 rings (SSSR count). The average Bonchev–Trinajstić information content (AvgIpc) is 3.37. The Hall–Kier alpha value is -1.28. The summed E-state index contributed by atoms with van der Waals surface area (Å²) in [6.07, 6.45) is 6.39. The molecule has 4 aliphatic heterocycles. The summed E-state index contributed by atoms with van der Waals surface area (Å²) in [6.45, 7) is 15.0. The molecule has 0 radical (unpaired) electrons. The molecule has 4 saturated heterocycles. The van der Waals surface area contributed by atoms with Gasteiger partial charge in [-0.05, 0) is 57.4 Å². The number of fused-ring (bicyclic) bond motifs is 8. The van der Waals surface area contributed by atoms with Gasteiger partial charge in [0.1, 0.15) is 17.3 Å². The van der Waals surface area contributed by atoms with Gasteiger partial charge in [-0.2, -0.15) is 0 Å². The maximum absolute atomic E-state index is 14.1. The number of hydrogen-bond acceptors (Lipinski definition) is 7. The third kappa shape index (κ3) is 2.93. The molecule has 0 aromatic carbocycles. The Morgan fingerprint density at radius 1 is 1.11 bits per heavy atom. The number of epoxide rings is 1. The number of esters is 1. The Labute approximate surface area is 219 Å². The van der Waals surface area contributed by atoms with Crippen LogP contribution in [0.1, 0.15) is 87.0 Å². The molecule has 0 N–H and O–H groups in total. The van der Waals surface area contributed by atoms with Gasteiger partial charge in [0.15, 0.2) is 5.78 Å². The van der Waals surface area contributed by atoms with Crippen LogP contribution in [0.5, 0.6) is 0 Å². The van der Waals surface area contributed by atoms with Crippen LogP contribution in [0.3, 0.4) is 0 Å². The van der Waals surface area contributed by atoms with Gasteiger partial charge in [-0.1, -0.05) is 33.3 Å². The summed E-state index contributed by atoms with van der Waals surface area (Å²) in [7, 11) is 0. The zero-order chi connectivity index (χ0) is 26.3. The van der Waals surface area contributed by atoms with Crippen molar-refractivity contribution in [3.63, 3.8) is 0 Å². The first-order valence-corrected chi connectivity index (χ1v) is 14.5. The predicted octanol–water partition coefficient (Wildman–Crippen LogP) is 4.71. The lowest BCUT2D eigenvalue weighted by Gasteiger charge is -2.51. The summed E-state index contributed by atoms with van der Waals surface area (Å²) >= 11 is 0. The van der Waals surface area contributed by atoms with Crippen molar-refractivity contribution >= 4 is 11.8 Å². The molecule has 12 atom stereocenters. The van der Waals surface area contributed by atoms with Gasteiger partial charge in [0, 0.05) is 42.9 Å². The van der Waals surface area contributed by atoms with Crippen molar-refractivity contribution in [2.45, 2.75) is 128 Å². The van der Waals surface area contributed by atoms with Gasteiger partial charge in [0.25, 0.3) is 5.97 Å². The molecule has 2 saturated carbocycles. The summed E-state index contributed by atoms with van der Waals surface area (Å²) < 4.78 is 31.7. The standard InChI is InChI=1S/C30H42O7/c1-8-30-34-20(14-27(6,37-30)26(4,5)36-30)15(2)18-9-10-19-23-17(13-21(31)28(18,19)7)16(3)29(25-24(23)33-25)12-11-22(32)35-29/h13,15-16,18-20,23-25H,8-12,14H2,1-7H3/t15-,16+,18+,19-,20+,23+,24-,25-,27-,28+,29+,30-/m0/s1. The molecule has 4 heterocycles. The number of carbonyl (C=O) groups excluding carboxylic acids is 2. The SMILES string of the molecule is CC[C@@]12O[C@@H]([C@@H](C)[C@H]3CC[C@H]4[C@H]5C(=CC(=O)[C@]34C)[C@@H](C)[C@]3(CCC(=O)O3)[C@H]3O[C@@H]53)C[C@](C)(O1)C(C)(C)O2. The van der Waals surface area contributed by atoms with Gasteiger partial charge < -0.3 is 23.7 Å². The van der Waals surface area contributed by atoms with Gasteiger partial charge in [0.05, 0.1) is 17.8 Å². The monoisotopic (exact) mass is 514 g/mol. The highest BCUT2D eigenvalue weighted by Gasteiger charge is 2.74. The minimum absolute atomic E-state index is 0.0101. The molecule has 7 nitrogen and oxygen atoms in total. The average molecular weight is 515 g/mol. The molecule has 6 fully saturated rings. The number of ether oxygens (including phenoxy) is 5. The Morgan fingerprint density at radius 3 is 2.54 bits per heavy atom. The van der Waals surface area contributed by atoms with Gasteiger partial charge >= 0.3 is 5.97 Å². The molecule has 37 heavy (non-hydrogen) atoms. The van der Waals surface area contributed by atoms with E-state index in [0.717, 1.165) is 24.8 Å². The van der Waals surface area contributed by atoms with Crippen molar-refractivity contribution in [1.29, 1.82) is 0 Å². The van der Waals surface area contributed by atoms with E-state index in [1.807, 2.05) is 13.0 Å². The topological polar surface area (TPSA) is 83.6 Å². The first-order chi connectivity index (χ1) is 17.3. The number of rotatable bonds is 3. The van der Waals surface area contributed by atoms with Crippen molar-refractivity contribution in [3.05, 3.63) is 11.6 Å². The van der Waals surface area contributed by atoms with Crippen LogP contribution in [-0.2, 0) is 33.3 Å². The van der Waals surface area contributed by atoms with E-state index in [4.69, 9.17) is 23.7 Å². The van der Waals surface area contributed by atoms with E-state index in [1.165, 1.54) is 0 Å². The Bertz CT molecular complexity index is 1090. The van der Waals surface area contributed by atoms with E-state index in [2.05, 4.69) is 41.5 Å². The van der Waals surface area contributed by atoms with Gasteiger partial charge in [-0.15, -0.1) is 0 Å². The van der Waals surface area contributed by atoms with Gasteiger partial charge in [-0.3, -0.25) is 9.59 Å². The highest BCUT2D eigenvalue weighted by Crippen LogP contribution is 2.67. The van der Waals surface area contributed by atoms with Crippen LogP contribution in [0.4, 0.5) is 0 Å². The molecule has 204 valence electrons. The van der Waals surface area contributed by atoms with Crippen LogP contribution in [-0.4, -0.2) is 52.8 Å². The number of hydrogen-bond donors (Lipinski definition) is 0. The fourth-order valence-corrected chi connectivity index (χ4v) is 9.62. The molecule has 0 aromatic heterocycles. The molecular weight excluding hydrogens is 472 g/mol. The zero-order valence-electron chi connectivity index (χ0n) is 23.3. The highest BCUT2D eigenvalue weighted by molar-refractivity contribution is 5.97. The van der Waals surface area contributed by atoms with Crippen LogP contribution in [0.15, 0.2) is 11.6 Å². The van der Waals surface area contributed by atoms with E-state index >= 15 is 0 Å². The van der Waals surface area contributed by atoms with E-state index in [-0.39, 0.29) is 59.7 Å². The van der Waals surface area contributed by atoms with Crippen LogP contribution >= 0.6 is 0 Å². The lowest BCUT2D eigenvalue weighted by molar-refractivity contribution is -0.396. The summed E-state index contributed by atoms with van der Waals surface area (Å²) in [6, 6.07) is 0. The van der Waals surface area contributed by atoms with Crippen molar-refractivity contribution in [2.24, 2.45) is 35.0 Å². The fraction of sp³-hybridized carbons (Fsp3) is 0.867. The van der Waals surface area contributed by atoms with Gasteiger partial charge in [0.2, 0.25) is 0 Å². The highest BCUT2D eigenvalue weighted by atomic mass is 16.9. The second kappa shape index (κ2) is 7.26. The van der Waals surface area contributed by atoms with E-state index < -0.39 is 28.2 Å². The maximum atomic E-state index is 14.1. The number of ketones is 1. The molecule has 2 bridgehead atoms. The smallest absolute Gasteiger partial charge is 0.306 e. The summed E-state index contributed by atoms with van der Waals surface area (Å²) in [5.41, 5.74) is -0.785. The first kappa shape index (κ1) is 24.7. The minimum atomic E-state index is -1.01. The van der Waals surface area contributed by atoms with Crippen LogP contribution in [0.25, 0.3) is 0 Å². The van der Waals surface area contributed by atoms with Gasteiger partial charge in [-0.25, -0.2) is 0 Å². The van der Waals surface area contributed by atoms with Crippen molar-refractivity contribution in [1.82, 2.24) is 0 Å². The molecule has 7 heteroatoms. The van der Waals surface area contributed by atoms with E-state index in [1.54, 1.807) is 0 Å². The lowest BCUT2D eigenvalue weighted by Crippen LogP contribution is -2.57. The van der Waals surface area contributed by atoms with E-state index in [0.29, 0.717) is 19.3 Å². The second-order valence-corrected chi connectivity index (χ2v) is 14.0. The van der Waals surface area contributed by atoms with Crippen LogP contribution in [0, 0.1) is 35.0 Å². The Balaban J connectivity index is 1.20. The lowest BCUT2D eigenvalue weighted by atomic mass is 9.53. The molecule has 0 aromatic rings. The first-order valence-electron chi connectivity index (χ1n) is 14.5. The Kier molecular flexibility index (Phi) is 4.86. The fourth-order valence-electron chi connectivity index (χ4n) is 9.62. The van der Waals surface area contributed by atoms with Crippen molar-refractivity contribution in [2.75, 3.05) is 0 Å². The predicted molar refractivity (Wildman–Crippen MR) is 133 cm³/mol. The third-order valence-electron chi connectivity index (χ3n) is 12.2. The Morgan fingerprint density at radius 2 is 1.86 bits per heavy atom. The molecule has 7 aliphatic rings. The number of carbonyl (C=O) groups is 2. The van der Waals surface area contributed by atoms with Crippen LogP contribution < -0.4 is 0 Å². The molecule has 1 spiro atoms. The zero-order valence-corrected chi connectivity index (χ0v) is 23.3. The molecule has 0 amide bonds. The normalized spacial score (nSPS) is 55.9. The third-order valence-corrected chi connectivity index (χ3v) is 12.2. The summed E-state index contributed by atoms with van der Waals surface area (Å²) in [5.74, 6) is -0.0739. The van der Waals surface area contributed by atoms with Crippen molar-refractivity contribution < 1.29 is 33.3 Å². The number of allylic oxidation sites excluding steroid dienone is 1. The molecular formula is C30H42O7. The minimum Gasteiger partial charge on any atom is -0.456 e. The molecule has 3 aliphatic carbocycles. The second-order valence-electron chi connectivity index (χ2n) is 14.0. The summed E-state index contributed by atoms with van der Waals surface area (Å²) in [4.78, 5) is 26.2. The maximum Gasteiger partial charge on any atom is 0.306 e. The molecule has 0 unspecified atom stereocenters.